The van der Waals surface area contributed by atoms with Gasteiger partial charge in [-0.15, -0.1) is 0 Å². The van der Waals surface area contributed by atoms with E-state index in [-0.39, 0.29) is 0 Å². The van der Waals surface area contributed by atoms with E-state index < -0.39 is 115 Å². The van der Waals surface area contributed by atoms with Crippen LogP contribution in [0.4, 0.5) is 0 Å². The quantitative estimate of drug-likeness (QED) is 0.187. The van der Waals surface area contributed by atoms with Crippen LogP contribution in [0.25, 0.3) is 0 Å². The lowest BCUT2D eigenvalue weighted by Crippen LogP contribution is -2.65. The number of hydrogen-bond acceptors (Lipinski definition) is 16. The van der Waals surface area contributed by atoms with Crippen molar-refractivity contribution in [3.05, 3.63) is 0 Å². The Morgan fingerprint density at radius 2 is 1.25 bits per heavy atom. The summed E-state index contributed by atoms with van der Waals surface area (Å²) in [5, 5.41) is 0. The molecule has 0 aromatic carbocycles. The van der Waals surface area contributed by atoms with Crippen LogP contribution in [0, 0.1) is 11.8 Å². The summed E-state index contributed by atoms with van der Waals surface area (Å²) in [6.07, 6.45) is -11.9. The summed E-state index contributed by atoms with van der Waals surface area (Å²) in [5.74, 6) is -9.85. The van der Waals surface area contributed by atoms with Crippen molar-refractivity contribution in [1.29, 1.82) is 0 Å². The molecule has 3 rings (SSSR count). The zero-order valence-corrected chi connectivity index (χ0v) is 22.1. The van der Waals surface area contributed by atoms with Crippen molar-refractivity contribution >= 4 is 47.6 Å². The number of rotatable bonds is 8. The van der Waals surface area contributed by atoms with E-state index in [1.807, 2.05) is 0 Å². The van der Waals surface area contributed by atoms with Gasteiger partial charge in [0.05, 0.1) is 5.92 Å². The minimum Gasteiger partial charge on any atom is -0.463 e. The van der Waals surface area contributed by atoms with Gasteiger partial charge in [0.1, 0.15) is 24.7 Å². The molecule has 0 amide bonds. The topological polar surface area (TPSA) is 210 Å². The third-order valence-corrected chi connectivity index (χ3v) is 6.13. The van der Waals surface area contributed by atoms with Crippen LogP contribution < -0.4 is 0 Å². The first-order valence-electron chi connectivity index (χ1n) is 12.1. The maximum atomic E-state index is 12.9. The fourth-order valence-electron chi connectivity index (χ4n) is 4.75. The second kappa shape index (κ2) is 12.5. The van der Waals surface area contributed by atoms with Crippen molar-refractivity contribution in [3.63, 3.8) is 0 Å². The van der Waals surface area contributed by atoms with Crippen molar-refractivity contribution in [1.82, 2.24) is 0 Å². The Hall–Kier alpha value is -3.92. The Bertz CT molecular complexity index is 1100. The van der Waals surface area contributed by atoms with Crippen molar-refractivity contribution in [2.45, 2.75) is 84.0 Å². The molecule has 0 aromatic heterocycles. The van der Waals surface area contributed by atoms with Gasteiger partial charge in [0.25, 0.3) is 0 Å². The standard InChI is InChI=1S/C24H28O16/c1-8(25)33-7-15-18(35-10(3)27)20(36-11(4)28)21(37-12(5)29)24(38-15)39-19-16-13(22(31)40-23(16)32)6-14(30)17(19)34-9(2)26/h13,15-21,24H,6-7H2,1-5H3/t13-,15-,16-,17-,18-,19-,20+,21-,24+/m1/s1. The average Bonchev–Trinajstić information content (AvgIpc) is 3.10. The minimum atomic E-state index is -1.81. The van der Waals surface area contributed by atoms with E-state index in [2.05, 4.69) is 4.74 Å². The summed E-state index contributed by atoms with van der Waals surface area (Å²) in [6, 6.07) is 0. The van der Waals surface area contributed by atoms with Gasteiger partial charge < -0.3 is 37.9 Å². The highest BCUT2D eigenvalue weighted by Crippen LogP contribution is 2.40. The number of carbonyl (C=O) groups is 8. The highest BCUT2D eigenvalue weighted by atomic mass is 16.7. The van der Waals surface area contributed by atoms with Crippen molar-refractivity contribution in [2.24, 2.45) is 11.8 Å². The van der Waals surface area contributed by atoms with Gasteiger partial charge in [-0.05, 0) is 0 Å². The Kier molecular flexibility index (Phi) is 9.57. The molecule has 1 saturated carbocycles. The van der Waals surface area contributed by atoms with E-state index in [0.29, 0.717) is 0 Å². The van der Waals surface area contributed by atoms with Crippen LogP contribution in [0.1, 0.15) is 41.0 Å². The van der Waals surface area contributed by atoms with Gasteiger partial charge in [-0.3, -0.25) is 38.4 Å². The maximum Gasteiger partial charge on any atom is 0.320 e. The molecule has 9 atom stereocenters. The van der Waals surface area contributed by atoms with E-state index in [0.717, 1.165) is 34.6 Å². The highest BCUT2D eigenvalue weighted by molar-refractivity contribution is 6.02. The molecule has 0 unspecified atom stereocenters. The van der Waals surface area contributed by atoms with Crippen LogP contribution in [0.3, 0.4) is 0 Å². The Morgan fingerprint density at radius 3 is 1.80 bits per heavy atom. The molecule has 16 nitrogen and oxygen atoms in total. The molecule has 2 aliphatic heterocycles. The molecule has 3 aliphatic rings. The van der Waals surface area contributed by atoms with Crippen LogP contribution in [0.2, 0.25) is 0 Å². The van der Waals surface area contributed by atoms with E-state index in [1.165, 1.54) is 0 Å². The zero-order chi connectivity index (χ0) is 29.9. The van der Waals surface area contributed by atoms with Crippen molar-refractivity contribution in [3.8, 4) is 0 Å². The molecule has 3 fully saturated rings. The number of ether oxygens (including phenoxy) is 8. The van der Waals surface area contributed by atoms with Gasteiger partial charge in [-0.25, -0.2) is 0 Å². The average molecular weight is 572 g/mol. The fourth-order valence-corrected chi connectivity index (χ4v) is 4.75. The first kappa shape index (κ1) is 30.6. The number of cyclic esters (lactones) is 2. The summed E-state index contributed by atoms with van der Waals surface area (Å²) in [6.45, 7) is 4.58. The van der Waals surface area contributed by atoms with E-state index in [9.17, 15) is 38.4 Å². The van der Waals surface area contributed by atoms with Crippen molar-refractivity contribution < 1.29 is 76.3 Å². The summed E-state index contributed by atoms with van der Waals surface area (Å²) in [5.41, 5.74) is 0. The molecule has 2 heterocycles. The molecule has 220 valence electrons. The third kappa shape index (κ3) is 6.98. The summed E-state index contributed by atoms with van der Waals surface area (Å²) in [7, 11) is 0. The first-order chi connectivity index (χ1) is 18.7. The number of hydrogen-bond donors (Lipinski definition) is 0. The molecular formula is C24H28O16. The molecular weight excluding hydrogens is 544 g/mol. The van der Waals surface area contributed by atoms with E-state index in [4.69, 9.17) is 33.2 Å². The minimum absolute atomic E-state index is 0.481. The largest absolute Gasteiger partial charge is 0.463 e. The highest BCUT2D eigenvalue weighted by Gasteiger charge is 2.61. The van der Waals surface area contributed by atoms with Gasteiger partial charge in [0.15, 0.2) is 36.5 Å². The monoisotopic (exact) mass is 572 g/mol. The molecule has 1 aliphatic carbocycles. The first-order valence-corrected chi connectivity index (χ1v) is 12.1. The number of esters is 7. The Balaban J connectivity index is 2.08. The Morgan fingerprint density at radius 1 is 0.700 bits per heavy atom. The van der Waals surface area contributed by atoms with E-state index in [1.54, 1.807) is 0 Å². The van der Waals surface area contributed by atoms with Gasteiger partial charge >= 0.3 is 41.8 Å². The molecule has 0 radical (unpaired) electrons. The lowest BCUT2D eigenvalue weighted by molar-refractivity contribution is -0.325. The molecule has 2 saturated heterocycles. The van der Waals surface area contributed by atoms with Crippen LogP contribution in [0.15, 0.2) is 0 Å². The molecule has 0 aromatic rings. The van der Waals surface area contributed by atoms with Crippen molar-refractivity contribution in [2.75, 3.05) is 6.61 Å². The molecule has 0 spiro atoms. The van der Waals surface area contributed by atoms with E-state index >= 15 is 0 Å². The fraction of sp³-hybridized carbons (Fsp3) is 0.667. The summed E-state index contributed by atoms with van der Waals surface area (Å²) >= 11 is 0. The normalized spacial score (nSPS) is 33.2. The number of Topliss-reactive ketones (excluding diaryl/α,β-unsaturated/α-hetero) is 1. The van der Waals surface area contributed by atoms with Crippen LogP contribution in [-0.4, -0.2) is 97.1 Å². The van der Waals surface area contributed by atoms with Gasteiger partial charge in [0.2, 0.25) is 0 Å². The number of fused-ring (bicyclic) bond motifs is 1. The third-order valence-electron chi connectivity index (χ3n) is 6.13. The van der Waals surface area contributed by atoms with Crippen LogP contribution in [0.5, 0.6) is 0 Å². The second-order valence-electron chi connectivity index (χ2n) is 9.24. The molecule has 0 N–H and O–H groups in total. The second-order valence-corrected chi connectivity index (χ2v) is 9.24. The zero-order valence-electron chi connectivity index (χ0n) is 22.1. The lowest BCUT2D eigenvalue weighted by Gasteiger charge is -2.46. The predicted octanol–water partition coefficient (Wildman–Crippen LogP) is -1.32. The molecule has 40 heavy (non-hydrogen) atoms. The predicted molar refractivity (Wildman–Crippen MR) is 120 cm³/mol. The lowest BCUT2D eigenvalue weighted by atomic mass is 9.76. The van der Waals surface area contributed by atoms with Gasteiger partial charge in [0, 0.05) is 41.0 Å². The van der Waals surface area contributed by atoms with Gasteiger partial charge in [-0.1, -0.05) is 0 Å². The summed E-state index contributed by atoms with van der Waals surface area (Å²) < 4.78 is 42.5. The smallest absolute Gasteiger partial charge is 0.320 e. The number of ketones is 1. The summed E-state index contributed by atoms with van der Waals surface area (Å²) in [4.78, 5) is 97.0. The molecule has 16 heteroatoms. The Labute approximate surface area is 226 Å². The molecule has 0 bridgehead atoms. The number of carbonyl (C=O) groups excluding carboxylic acids is 8. The van der Waals surface area contributed by atoms with Crippen LogP contribution >= 0.6 is 0 Å². The maximum absolute atomic E-state index is 12.9. The van der Waals surface area contributed by atoms with Crippen LogP contribution in [-0.2, 0) is 76.3 Å². The van der Waals surface area contributed by atoms with Gasteiger partial charge in [-0.2, -0.15) is 0 Å². The SMILES string of the molecule is CC(=O)OC[C@H]1O[C@@H](O[C@@H]2[C@@H]3C(=O)OC(=O)[C@@H]3CC(=O)[C@H]2OC(C)=O)[C@H](OC(C)=O)[C@@H](OC(C)=O)[C@@H]1OC(C)=O.